The molecule has 0 amide bonds. The molecule has 0 saturated heterocycles. The minimum Gasteiger partial charge on any atom is -0.501 e. The van der Waals surface area contributed by atoms with E-state index in [1.807, 2.05) is 13.0 Å². The highest BCUT2D eigenvalue weighted by Gasteiger charge is 2.16. The molecule has 1 aliphatic carbocycles. The van der Waals surface area contributed by atoms with Crippen LogP contribution < -0.4 is 10.9 Å². The molecule has 1 aliphatic rings. The molecule has 0 saturated carbocycles. The number of halogens is 4. The van der Waals surface area contributed by atoms with Gasteiger partial charge in [0.1, 0.15) is 0 Å². The molecule has 0 unspecified atom stereocenters. The van der Waals surface area contributed by atoms with Gasteiger partial charge in [0.25, 0.3) is 0 Å². The Morgan fingerprint density at radius 3 is 2.43 bits per heavy atom. The minimum absolute atomic E-state index is 0.000146. The van der Waals surface area contributed by atoms with Crippen molar-refractivity contribution in [1.82, 2.24) is 9.55 Å². The minimum atomic E-state index is -1.59. The van der Waals surface area contributed by atoms with Crippen LogP contribution in [0.1, 0.15) is 25.3 Å². The maximum absolute atomic E-state index is 13.8. The first kappa shape index (κ1) is 19.7. The van der Waals surface area contributed by atoms with Gasteiger partial charge in [-0.1, -0.05) is 0 Å². The van der Waals surface area contributed by atoms with E-state index in [1.165, 1.54) is 4.57 Å². The molecular formula is C19H17F4N3O2. The summed E-state index contributed by atoms with van der Waals surface area (Å²) in [5, 5.41) is 2.98. The number of allylic oxidation sites excluding steroid dienone is 4. The Labute approximate surface area is 158 Å². The van der Waals surface area contributed by atoms with Gasteiger partial charge in [0.15, 0.2) is 17.5 Å². The van der Waals surface area contributed by atoms with Gasteiger partial charge in [-0.2, -0.15) is 9.37 Å². The molecule has 0 radical (unpaired) electrons. The van der Waals surface area contributed by atoms with Crippen LogP contribution in [0.4, 0.5) is 23.5 Å². The molecule has 9 heteroatoms. The van der Waals surface area contributed by atoms with Gasteiger partial charge in [0.05, 0.1) is 19.4 Å². The number of aromatic nitrogens is 2. The van der Waals surface area contributed by atoms with Crippen molar-refractivity contribution in [3.8, 4) is 0 Å². The van der Waals surface area contributed by atoms with E-state index in [0.717, 1.165) is 35.4 Å². The van der Waals surface area contributed by atoms with Gasteiger partial charge >= 0.3 is 5.56 Å². The number of hydrogen-bond donors (Lipinski definition) is 1. The van der Waals surface area contributed by atoms with Gasteiger partial charge in [-0.15, -0.1) is 0 Å². The zero-order chi connectivity index (χ0) is 20.4. The third-order valence-corrected chi connectivity index (χ3v) is 4.35. The standard InChI is InChI=1S/C19H17F4N3O2/c1-10-5-12(28-2)3-4-16(10)24-19-25-18(27)15(22)9-26(19)8-11-6-13(20)17(23)14(21)7-11/h5-7,9H,3-4,8H2,1-2H3,(H,24,25,27). The van der Waals surface area contributed by atoms with Crippen LogP contribution in [0.5, 0.6) is 0 Å². The van der Waals surface area contributed by atoms with Gasteiger partial charge in [-0.05, 0) is 42.7 Å². The van der Waals surface area contributed by atoms with E-state index in [9.17, 15) is 22.4 Å². The zero-order valence-electron chi connectivity index (χ0n) is 15.2. The molecule has 3 rings (SSSR count). The van der Waals surface area contributed by atoms with E-state index in [2.05, 4.69) is 10.3 Å². The smallest absolute Gasteiger partial charge is 0.310 e. The summed E-state index contributed by atoms with van der Waals surface area (Å²) < 4.78 is 60.3. The molecule has 0 atom stereocenters. The number of ether oxygens (including phenoxy) is 1. The average Bonchev–Trinajstić information content (AvgIpc) is 2.65. The van der Waals surface area contributed by atoms with Crippen molar-refractivity contribution >= 4 is 5.95 Å². The Morgan fingerprint density at radius 1 is 1.14 bits per heavy atom. The molecule has 0 bridgehead atoms. The highest BCUT2D eigenvalue weighted by atomic mass is 19.2. The maximum atomic E-state index is 13.8. The van der Waals surface area contributed by atoms with Gasteiger partial charge in [0, 0.05) is 18.3 Å². The third-order valence-electron chi connectivity index (χ3n) is 4.35. The number of nitrogens with zero attached hydrogens (tertiary/aromatic N) is 2. The Morgan fingerprint density at radius 2 is 1.82 bits per heavy atom. The predicted octanol–water partition coefficient (Wildman–Crippen LogP) is 3.86. The lowest BCUT2D eigenvalue weighted by Gasteiger charge is -2.21. The molecule has 2 aromatic rings. The van der Waals surface area contributed by atoms with E-state index >= 15 is 0 Å². The molecule has 5 nitrogen and oxygen atoms in total. The summed E-state index contributed by atoms with van der Waals surface area (Å²) >= 11 is 0. The van der Waals surface area contributed by atoms with Crippen molar-refractivity contribution in [3.63, 3.8) is 0 Å². The van der Waals surface area contributed by atoms with Crippen LogP contribution in [0.2, 0.25) is 0 Å². The van der Waals surface area contributed by atoms with E-state index in [4.69, 9.17) is 4.74 Å². The summed E-state index contributed by atoms with van der Waals surface area (Å²) in [7, 11) is 1.57. The summed E-state index contributed by atoms with van der Waals surface area (Å²) in [5.74, 6) is -4.63. The maximum Gasteiger partial charge on any atom is 0.310 e. The predicted molar refractivity (Wildman–Crippen MR) is 94.5 cm³/mol. The highest BCUT2D eigenvalue weighted by molar-refractivity contribution is 5.43. The normalized spacial score (nSPS) is 14.1. The van der Waals surface area contributed by atoms with Crippen LogP contribution in [-0.4, -0.2) is 16.7 Å². The number of methoxy groups -OCH3 is 1. The fraction of sp³-hybridized carbons (Fsp3) is 0.263. The largest absolute Gasteiger partial charge is 0.501 e. The molecule has 0 spiro atoms. The first-order valence-electron chi connectivity index (χ1n) is 8.40. The summed E-state index contributed by atoms with van der Waals surface area (Å²) in [4.78, 5) is 15.3. The lowest BCUT2D eigenvalue weighted by Crippen LogP contribution is -2.22. The second-order valence-corrected chi connectivity index (χ2v) is 6.32. The number of anilines is 1. The molecule has 1 aromatic carbocycles. The van der Waals surface area contributed by atoms with Crippen LogP contribution >= 0.6 is 0 Å². The van der Waals surface area contributed by atoms with Gasteiger partial charge in [-0.25, -0.2) is 13.2 Å². The molecule has 28 heavy (non-hydrogen) atoms. The zero-order valence-corrected chi connectivity index (χ0v) is 15.2. The second kappa shape index (κ2) is 7.87. The lowest BCUT2D eigenvalue weighted by atomic mass is 10.0. The van der Waals surface area contributed by atoms with Crippen LogP contribution in [0.25, 0.3) is 0 Å². The molecule has 1 N–H and O–H groups in total. The number of nitrogens with one attached hydrogen (secondary N) is 1. The molecular weight excluding hydrogens is 378 g/mol. The molecule has 1 heterocycles. The first-order chi connectivity index (χ1) is 13.3. The topological polar surface area (TPSA) is 56.1 Å². The quantitative estimate of drug-likeness (QED) is 0.617. The average molecular weight is 395 g/mol. The molecule has 148 valence electrons. The van der Waals surface area contributed by atoms with Gasteiger partial charge in [0.2, 0.25) is 11.8 Å². The molecule has 1 aromatic heterocycles. The Balaban J connectivity index is 1.98. The monoisotopic (exact) mass is 395 g/mol. The van der Waals surface area contributed by atoms with Crippen LogP contribution in [-0.2, 0) is 11.3 Å². The summed E-state index contributed by atoms with van der Waals surface area (Å²) in [6.07, 6.45) is 3.89. The Bertz CT molecular complexity index is 1020. The van der Waals surface area contributed by atoms with E-state index in [0.29, 0.717) is 12.8 Å². The van der Waals surface area contributed by atoms with E-state index < -0.39 is 28.8 Å². The Kier molecular flexibility index (Phi) is 5.53. The van der Waals surface area contributed by atoms with Crippen LogP contribution in [0.3, 0.4) is 0 Å². The van der Waals surface area contributed by atoms with Crippen molar-refractivity contribution in [2.24, 2.45) is 0 Å². The molecule has 0 aliphatic heterocycles. The van der Waals surface area contributed by atoms with Crippen molar-refractivity contribution < 1.29 is 22.3 Å². The fourth-order valence-electron chi connectivity index (χ4n) is 2.89. The van der Waals surface area contributed by atoms with Crippen LogP contribution in [0, 0.1) is 23.3 Å². The van der Waals surface area contributed by atoms with Gasteiger partial charge < -0.3 is 14.6 Å². The SMILES string of the molecule is COC1=CC(C)=C(Nc2nc(=O)c(F)cn2Cc2cc(F)c(F)c(F)c2)CC1. The van der Waals surface area contributed by atoms with E-state index in [-0.39, 0.29) is 18.1 Å². The number of benzene rings is 1. The fourth-order valence-corrected chi connectivity index (χ4v) is 2.89. The van der Waals surface area contributed by atoms with Crippen LogP contribution in [0.15, 0.2) is 46.2 Å². The summed E-state index contributed by atoms with van der Waals surface area (Å²) in [5.41, 5.74) is 0.550. The molecule has 0 fully saturated rings. The number of hydrogen-bond acceptors (Lipinski definition) is 4. The van der Waals surface area contributed by atoms with Crippen molar-refractivity contribution in [2.45, 2.75) is 26.3 Å². The second-order valence-electron chi connectivity index (χ2n) is 6.32. The van der Waals surface area contributed by atoms with Gasteiger partial charge in [-0.3, -0.25) is 4.79 Å². The summed E-state index contributed by atoms with van der Waals surface area (Å²) in [6, 6.07) is 1.61. The third kappa shape index (κ3) is 4.08. The summed E-state index contributed by atoms with van der Waals surface area (Å²) in [6.45, 7) is 1.60. The first-order valence-corrected chi connectivity index (χ1v) is 8.40. The highest BCUT2D eigenvalue weighted by Crippen LogP contribution is 2.25. The van der Waals surface area contributed by atoms with Crippen molar-refractivity contribution in [1.29, 1.82) is 0 Å². The van der Waals surface area contributed by atoms with E-state index in [1.54, 1.807) is 7.11 Å². The van der Waals surface area contributed by atoms with Crippen molar-refractivity contribution in [2.75, 3.05) is 12.4 Å². The van der Waals surface area contributed by atoms with Crippen molar-refractivity contribution in [3.05, 3.63) is 80.6 Å². The lowest BCUT2D eigenvalue weighted by molar-refractivity contribution is 0.275. The Hall–Kier alpha value is -3.10. The number of rotatable bonds is 5.